The maximum absolute atomic E-state index is 12.1. The fourth-order valence-corrected chi connectivity index (χ4v) is 0.535. The predicted molar refractivity (Wildman–Crippen MR) is 34.7 cm³/mol. The molecule has 54 valence electrons. The third-order valence-electron chi connectivity index (χ3n) is 1.06. The lowest BCUT2D eigenvalue weighted by Gasteiger charge is -2.03. The molecule has 0 atom stereocenters. The number of hydrogen-bond acceptors (Lipinski definition) is 0. The predicted octanol–water partition coefficient (Wildman–Crippen LogP) is 3.00. The molecule has 0 nitrogen and oxygen atoms in total. The summed E-state index contributed by atoms with van der Waals surface area (Å²) < 4.78 is 24.2. The number of halogens is 2. The van der Waals surface area contributed by atoms with E-state index >= 15 is 0 Å². The highest BCUT2D eigenvalue weighted by atomic mass is 19.3. The average molecular weight is 134 g/mol. The second kappa shape index (κ2) is 2.95. The first-order valence-corrected chi connectivity index (χ1v) is 3.02. The minimum Gasteiger partial charge on any atom is -0.202 e. The smallest absolute Gasteiger partial charge is 0.202 e. The molecule has 0 aliphatic heterocycles. The van der Waals surface area contributed by atoms with Gasteiger partial charge >= 0.3 is 0 Å². The highest BCUT2D eigenvalue weighted by molar-refractivity contribution is 5.02. The van der Waals surface area contributed by atoms with Crippen molar-refractivity contribution in [3.8, 4) is 0 Å². The van der Waals surface area contributed by atoms with Crippen molar-refractivity contribution in [3.05, 3.63) is 11.6 Å². The molecule has 0 fully saturated rings. The van der Waals surface area contributed by atoms with Crippen LogP contribution in [-0.4, -0.2) is 5.92 Å². The first-order valence-electron chi connectivity index (χ1n) is 3.02. The third-order valence-corrected chi connectivity index (χ3v) is 1.06. The van der Waals surface area contributed by atoms with Crippen LogP contribution in [0.1, 0.15) is 27.2 Å². The molecular formula is C7H12F2. The molecule has 0 rings (SSSR count). The SMILES string of the molecule is CCC(C)=CC(C)(F)F. The molecule has 0 aliphatic rings. The summed E-state index contributed by atoms with van der Waals surface area (Å²) in [7, 11) is 0. The monoisotopic (exact) mass is 134 g/mol. The van der Waals surface area contributed by atoms with Crippen molar-refractivity contribution in [2.45, 2.75) is 33.1 Å². The summed E-state index contributed by atoms with van der Waals surface area (Å²) in [6.07, 6.45) is 1.69. The van der Waals surface area contributed by atoms with E-state index in [4.69, 9.17) is 0 Å². The normalized spacial score (nSPS) is 14.1. The molecule has 2 heteroatoms. The Morgan fingerprint density at radius 3 is 2.11 bits per heavy atom. The second-order valence-electron chi connectivity index (χ2n) is 2.30. The lowest BCUT2D eigenvalue weighted by molar-refractivity contribution is 0.0764. The van der Waals surface area contributed by atoms with Crippen LogP contribution in [0.15, 0.2) is 11.6 Å². The molecule has 0 heterocycles. The molecule has 0 saturated carbocycles. The summed E-state index contributed by atoms with van der Waals surface area (Å²) >= 11 is 0. The summed E-state index contributed by atoms with van der Waals surface area (Å²) in [5.41, 5.74) is 0.738. The standard InChI is InChI=1S/C7H12F2/c1-4-6(2)5-7(3,8)9/h5H,4H2,1-3H3. The van der Waals surface area contributed by atoms with Gasteiger partial charge in [-0.05, 0) is 19.4 Å². The van der Waals surface area contributed by atoms with Gasteiger partial charge in [0, 0.05) is 6.92 Å². The van der Waals surface area contributed by atoms with Crippen LogP contribution in [-0.2, 0) is 0 Å². The molecular weight excluding hydrogens is 122 g/mol. The van der Waals surface area contributed by atoms with Crippen molar-refractivity contribution in [1.82, 2.24) is 0 Å². The van der Waals surface area contributed by atoms with Crippen LogP contribution in [0.5, 0.6) is 0 Å². The van der Waals surface area contributed by atoms with Gasteiger partial charge in [0.05, 0.1) is 0 Å². The number of rotatable bonds is 2. The van der Waals surface area contributed by atoms with Crippen molar-refractivity contribution < 1.29 is 8.78 Å². The Hall–Kier alpha value is -0.400. The fourth-order valence-electron chi connectivity index (χ4n) is 0.535. The van der Waals surface area contributed by atoms with E-state index in [0.29, 0.717) is 6.42 Å². The summed E-state index contributed by atoms with van der Waals surface area (Å²) in [5, 5.41) is 0. The van der Waals surface area contributed by atoms with E-state index in [1.807, 2.05) is 6.92 Å². The highest BCUT2D eigenvalue weighted by Crippen LogP contribution is 2.16. The van der Waals surface area contributed by atoms with Gasteiger partial charge in [-0.3, -0.25) is 0 Å². The Balaban J connectivity index is 3.95. The van der Waals surface area contributed by atoms with Crippen LogP contribution in [0.2, 0.25) is 0 Å². The Morgan fingerprint density at radius 2 is 2.00 bits per heavy atom. The number of hydrogen-bond donors (Lipinski definition) is 0. The lowest BCUT2D eigenvalue weighted by Crippen LogP contribution is -2.04. The van der Waals surface area contributed by atoms with Gasteiger partial charge in [0.1, 0.15) is 0 Å². The molecule has 0 spiro atoms. The molecule has 0 aliphatic carbocycles. The average Bonchev–Trinajstić information content (AvgIpc) is 1.62. The van der Waals surface area contributed by atoms with Crippen molar-refractivity contribution in [3.63, 3.8) is 0 Å². The summed E-state index contributed by atoms with van der Waals surface area (Å²) in [4.78, 5) is 0. The molecule has 9 heavy (non-hydrogen) atoms. The molecule has 0 aromatic heterocycles. The van der Waals surface area contributed by atoms with Gasteiger partial charge < -0.3 is 0 Å². The zero-order valence-electron chi connectivity index (χ0n) is 6.04. The number of allylic oxidation sites excluding steroid dienone is 2. The zero-order valence-corrected chi connectivity index (χ0v) is 6.04. The van der Waals surface area contributed by atoms with Gasteiger partial charge in [-0.2, -0.15) is 0 Å². The van der Waals surface area contributed by atoms with Crippen LogP contribution in [0.25, 0.3) is 0 Å². The Bertz CT molecular complexity index is 109. The van der Waals surface area contributed by atoms with Gasteiger partial charge in [0.25, 0.3) is 5.92 Å². The largest absolute Gasteiger partial charge is 0.263 e. The molecule has 0 aromatic rings. The number of alkyl halides is 2. The van der Waals surface area contributed by atoms with Gasteiger partial charge in [-0.15, -0.1) is 0 Å². The zero-order chi connectivity index (χ0) is 7.49. The quantitative estimate of drug-likeness (QED) is 0.509. The van der Waals surface area contributed by atoms with Crippen molar-refractivity contribution in [2.75, 3.05) is 0 Å². The summed E-state index contributed by atoms with van der Waals surface area (Å²) in [5.74, 6) is -2.64. The molecule has 0 aromatic carbocycles. The maximum Gasteiger partial charge on any atom is 0.263 e. The molecule has 0 N–H and O–H groups in total. The summed E-state index contributed by atoms with van der Waals surface area (Å²) in [6, 6.07) is 0. The van der Waals surface area contributed by atoms with Gasteiger partial charge in [0.15, 0.2) is 0 Å². The Labute approximate surface area is 54.6 Å². The van der Waals surface area contributed by atoms with Crippen LogP contribution in [0.4, 0.5) is 8.78 Å². The van der Waals surface area contributed by atoms with E-state index in [-0.39, 0.29) is 0 Å². The van der Waals surface area contributed by atoms with Crippen LogP contribution in [0.3, 0.4) is 0 Å². The van der Waals surface area contributed by atoms with E-state index in [9.17, 15) is 8.78 Å². The van der Waals surface area contributed by atoms with Gasteiger partial charge in [-0.1, -0.05) is 12.5 Å². The minimum absolute atomic E-state index is 0.698. The van der Waals surface area contributed by atoms with E-state index in [1.54, 1.807) is 6.92 Å². The van der Waals surface area contributed by atoms with Crippen LogP contribution in [0, 0.1) is 0 Å². The first kappa shape index (κ1) is 8.60. The Morgan fingerprint density at radius 1 is 1.56 bits per heavy atom. The lowest BCUT2D eigenvalue weighted by atomic mass is 10.2. The molecule has 0 bridgehead atoms. The maximum atomic E-state index is 12.1. The van der Waals surface area contributed by atoms with Crippen LogP contribution < -0.4 is 0 Å². The van der Waals surface area contributed by atoms with Crippen LogP contribution >= 0.6 is 0 Å². The fraction of sp³-hybridized carbons (Fsp3) is 0.714. The van der Waals surface area contributed by atoms with E-state index in [2.05, 4.69) is 0 Å². The first-order chi connectivity index (χ1) is 3.95. The second-order valence-corrected chi connectivity index (χ2v) is 2.30. The van der Waals surface area contributed by atoms with E-state index < -0.39 is 5.92 Å². The molecule has 0 saturated heterocycles. The topological polar surface area (TPSA) is 0 Å². The van der Waals surface area contributed by atoms with Crippen molar-refractivity contribution in [2.24, 2.45) is 0 Å². The molecule has 0 amide bonds. The minimum atomic E-state index is -2.64. The Kier molecular flexibility index (Phi) is 2.82. The van der Waals surface area contributed by atoms with E-state index in [1.165, 1.54) is 0 Å². The highest BCUT2D eigenvalue weighted by Gasteiger charge is 2.15. The van der Waals surface area contributed by atoms with Gasteiger partial charge in [0.2, 0.25) is 0 Å². The van der Waals surface area contributed by atoms with Crippen molar-refractivity contribution in [1.29, 1.82) is 0 Å². The van der Waals surface area contributed by atoms with Crippen molar-refractivity contribution >= 4 is 0 Å². The molecule has 0 radical (unpaired) electrons. The third kappa shape index (κ3) is 5.47. The van der Waals surface area contributed by atoms with Gasteiger partial charge in [-0.25, -0.2) is 8.78 Å². The summed E-state index contributed by atoms with van der Waals surface area (Å²) in [6.45, 7) is 4.46. The van der Waals surface area contributed by atoms with E-state index in [0.717, 1.165) is 18.6 Å². The molecule has 0 unspecified atom stereocenters.